The third-order valence-electron chi connectivity index (χ3n) is 2.66. The lowest BCUT2D eigenvalue weighted by Crippen LogP contribution is -2.38. The van der Waals surface area contributed by atoms with Crippen LogP contribution in [0.4, 0.5) is 0 Å². The Morgan fingerprint density at radius 1 is 1.07 bits per heavy atom. The highest BCUT2D eigenvalue weighted by atomic mass is 16.5. The van der Waals surface area contributed by atoms with Gasteiger partial charge in [-0.2, -0.15) is 0 Å². The molecule has 2 nitrogen and oxygen atoms in total. The maximum Gasteiger partial charge on any atom is 0.312 e. The van der Waals surface area contributed by atoms with Gasteiger partial charge in [-0.05, 0) is 26.2 Å². The summed E-state index contributed by atoms with van der Waals surface area (Å²) in [6.07, 6.45) is 0. The summed E-state index contributed by atoms with van der Waals surface area (Å²) >= 11 is 0. The maximum atomic E-state index is 11.5. The number of hydrogen-bond acceptors (Lipinski definition) is 2. The first kappa shape index (κ1) is 19.1. The molecule has 0 rings (SSSR count). The van der Waals surface area contributed by atoms with E-state index in [2.05, 4.69) is 0 Å². The fourth-order valence-electron chi connectivity index (χ4n) is 0.618. The summed E-state index contributed by atoms with van der Waals surface area (Å²) in [4.78, 5) is 11.5. The molecule has 0 spiro atoms. The highest BCUT2D eigenvalue weighted by Gasteiger charge is 2.40. The Bertz CT molecular complexity index is 164. The summed E-state index contributed by atoms with van der Waals surface area (Å²) in [7, 11) is 0. The van der Waals surface area contributed by atoms with E-state index in [1.54, 1.807) is 0 Å². The van der Waals surface area contributed by atoms with Gasteiger partial charge in [-0.1, -0.05) is 35.6 Å². The summed E-state index contributed by atoms with van der Waals surface area (Å²) in [5.41, 5.74) is -0.470. The minimum Gasteiger partial charge on any atom is -0.466 e. The largest absolute Gasteiger partial charge is 0.466 e. The molecule has 0 amide bonds. The second kappa shape index (κ2) is 6.05. The molecule has 0 saturated heterocycles. The van der Waals surface area contributed by atoms with Crippen LogP contribution in [0.3, 0.4) is 0 Å². The third kappa shape index (κ3) is 4.12. The van der Waals surface area contributed by atoms with Gasteiger partial charge in [0.05, 0.1) is 12.0 Å². The molecule has 0 heterocycles. The average Bonchev–Trinajstić information content (AvgIpc) is 1.85. The van der Waals surface area contributed by atoms with Crippen LogP contribution >= 0.6 is 0 Å². The molecule has 0 aliphatic heterocycles. The lowest BCUT2D eigenvalue weighted by atomic mass is 9.69. The number of esters is 1. The Kier molecular flexibility index (Phi) is 8.25. The molecule has 0 aliphatic carbocycles. The number of carbonyl (C=O) groups is 1. The van der Waals surface area contributed by atoms with E-state index in [0.29, 0.717) is 6.61 Å². The van der Waals surface area contributed by atoms with Crippen molar-refractivity contribution in [3.63, 3.8) is 0 Å². The highest BCUT2D eigenvalue weighted by Crippen LogP contribution is 2.38. The van der Waals surface area contributed by atoms with Crippen molar-refractivity contribution in [1.82, 2.24) is 0 Å². The Labute approximate surface area is 90.0 Å². The summed E-state index contributed by atoms with van der Waals surface area (Å²) in [6.45, 7) is 12.3. The molecule has 2 heteroatoms. The van der Waals surface area contributed by atoms with Crippen molar-refractivity contribution in [2.24, 2.45) is 10.8 Å². The van der Waals surface area contributed by atoms with Crippen molar-refractivity contribution in [3.8, 4) is 0 Å². The Morgan fingerprint density at radius 2 is 1.43 bits per heavy atom. The SMILES string of the molecule is C.C.CCOC(=O)C(C)(C)C(C)(C)C. The van der Waals surface area contributed by atoms with Crippen LogP contribution in [-0.4, -0.2) is 12.6 Å². The van der Waals surface area contributed by atoms with E-state index in [1.165, 1.54) is 0 Å². The third-order valence-corrected chi connectivity index (χ3v) is 2.66. The summed E-state index contributed by atoms with van der Waals surface area (Å²) < 4.78 is 4.99. The fourth-order valence-corrected chi connectivity index (χ4v) is 0.618. The van der Waals surface area contributed by atoms with Crippen molar-refractivity contribution in [2.75, 3.05) is 6.61 Å². The maximum absolute atomic E-state index is 11.5. The topological polar surface area (TPSA) is 26.3 Å². The standard InChI is InChI=1S/C10H20O2.2CH4/c1-7-12-8(11)10(5,6)9(2,3)4;;/h7H2,1-6H3;2*1H4. The van der Waals surface area contributed by atoms with E-state index in [4.69, 9.17) is 4.74 Å². The van der Waals surface area contributed by atoms with Crippen LogP contribution in [0.15, 0.2) is 0 Å². The van der Waals surface area contributed by atoms with Crippen LogP contribution in [0.1, 0.15) is 56.4 Å². The van der Waals surface area contributed by atoms with Gasteiger partial charge in [0.2, 0.25) is 0 Å². The predicted molar refractivity (Wildman–Crippen MR) is 63.3 cm³/mol. The molecule has 0 aliphatic rings. The first-order chi connectivity index (χ1) is 5.23. The van der Waals surface area contributed by atoms with E-state index in [0.717, 1.165) is 0 Å². The van der Waals surface area contributed by atoms with Gasteiger partial charge in [0.1, 0.15) is 0 Å². The van der Waals surface area contributed by atoms with Crippen LogP contribution in [0.2, 0.25) is 0 Å². The second-order valence-corrected chi connectivity index (χ2v) is 4.60. The van der Waals surface area contributed by atoms with Crippen LogP contribution in [-0.2, 0) is 9.53 Å². The minimum atomic E-state index is -0.414. The molecule has 0 N–H and O–H groups in total. The van der Waals surface area contributed by atoms with Gasteiger partial charge >= 0.3 is 5.97 Å². The zero-order valence-corrected chi connectivity index (χ0v) is 9.02. The van der Waals surface area contributed by atoms with Crippen molar-refractivity contribution < 1.29 is 9.53 Å². The van der Waals surface area contributed by atoms with Gasteiger partial charge in [-0.15, -0.1) is 0 Å². The quantitative estimate of drug-likeness (QED) is 0.638. The molecular weight excluding hydrogens is 176 g/mol. The molecule has 0 saturated carbocycles. The predicted octanol–water partition coefficient (Wildman–Crippen LogP) is 3.89. The van der Waals surface area contributed by atoms with Gasteiger partial charge in [0, 0.05) is 0 Å². The molecule has 0 fully saturated rings. The molecule has 0 radical (unpaired) electrons. The summed E-state index contributed by atoms with van der Waals surface area (Å²) in [5, 5.41) is 0. The number of hydrogen-bond donors (Lipinski definition) is 0. The van der Waals surface area contributed by atoms with Crippen LogP contribution in [0, 0.1) is 10.8 Å². The normalized spacial score (nSPS) is 11.0. The minimum absolute atomic E-state index is 0. The Morgan fingerprint density at radius 3 is 1.64 bits per heavy atom. The van der Waals surface area contributed by atoms with Crippen molar-refractivity contribution >= 4 is 5.97 Å². The molecule has 0 aromatic carbocycles. The van der Waals surface area contributed by atoms with Crippen molar-refractivity contribution in [1.29, 1.82) is 0 Å². The first-order valence-electron chi connectivity index (χ1n) is 4.40. The van der Waals surface area contributed by atoms with Crippen LogP contribution < -0.4 is 0 Å². The van der Waals surface area contributed by atoms with E-state index in [1.807, 2.05) is 41.5 Å². The molecule has 0 bridgehead atoms. The van der Waals surface area contributed by atoms with Crippen molar-refractivity contribution in [3.05, 3.63) is 0 Å². The molecule has 0 aromatic heterocycles. The van der Waals surface area contributed by atoms with Crippen LogP contribution in [0.25, 0.3) is 0 Å². The van der Waals surface area contributed by atoms with E-state index >= 15 is 0 Å². The van der Waals surface area contributed by atoms with Crippen molar-refractivity contribution in [2.45, 2.75) is 56.4 Å². The van der Waals surface area contributed by atoms with Crippen LogP contribution in [0.5, 0.6) is 0 Å². The zero-order chi connectivity index (χ0) is 9.99. The van der Waals surface area contributed by atoms with Gasteiger partial charge < -0.3 is 4.74 Å². The Hall–Kier alpha value is -0.530. The Balaban J connectivity index is -0.000000605. The number of carbonyl (C=O) groups excluding carboxylic acids is 1. The van der Waals surface area contributed by atoms with E-state index in [9.17, 15) is 4.79 Å². The average molecular weight is 204 g/mol. The molecule has 0 atom stereocenters. The van der Waals surface area contributed by atoms with Gasteiger partial charge in [-0.25, -0.2) is 0 Å². The summed E-state index contributed by atoms with van der Waals surface area (Å²) in [6, 6.07) is 0. The van der Waals surface area contributed by atoms with E-state index < -0.39 is 5.41 Å². The second-order valence-electron chi connectivity index (χ2n) is 4.60. The van der Waals surface area contributed by atoms with Gasteiger partial charge in [0.25, 0.3) is 0 Å². The van der Waals surface area contributed by atoms with Gasteiger partial charge in [-0.3, -0.25) is 4.79 Å². The molecular formula is C12H28O2. The molecule has 0 aromatic rings. The number of ether oxygens (including phenoxy) is 1. The molecule has 88 valence electrons. The first-order valence-corrected chi connectivity index (χ1v) is 4.40. The smallest absolute Gasteiger partial charge is 0.312 e. The van der Waals surface area contributed by atoms with Gasteiger partial charge in [0.15, 0.2) is 0 Å². The summed E-state index contributed by atoms with van der Waals surface area (Å²) in [5.74, 6) is -0.113. The lowest BCUT2D eigenvalue weighted by molar-refractivity contribution is -0.159. The molecule has 0 unspecified atom stereocenters. The van der Waals surface area contributed by atoms with E-state index in [-0.39, 0.29) is 26.2 Å². The highest BCUT2D eigenvalue weighted by molar-refractivity contribution is 5.76. The fraction of sp³-hybridized carbons (Fsp3) is 0.917. The lowest BCUT2D eigenvalue weighted by Gasteiger charge is -2.35. The monoisotopic (exact) mass is 204 g/mol. The zero-order valence-electron chi connectivity index (χ0n) is 9.02. The molecule has 14 heavy (non-hydrogen) atoms. The number of rotatable bonds is 2.